The van der Waals surface area contributed by atoms with Crippen molar-refractivity contribution in [2.45, 2.75) is 58.7 Å². The highest BCUT2D eigenvalue weighted by molar-refractivity contribution is 5.89. The van der Waals surface area contributed by atoms with E-state index < -0.39 is 6.04 Å². The predicted molar refractivity (Wildman–Crippen MR) is 99.0 cm³/mol. The summed E-state index contributed by atoms with van der Waals surface area (Å²) in [4.78, 5) is 39.8. The molecule has 0 saturated carbocycles. The van der Waals surface area contributed by atoms with E-state index in [0.717, 1.165) is 13.0 Å². The number of hydrogen-bond acceptors (Lipinski definition) is 5. The smallest absolute Gasteiger partial charge is 0.261 e. The number of nitrogens with one attached hydrogen (secondary N) is 2. The van der Waals surface area contributed by atoms with Crippen LogP contribution in [0.1, 0.15) is 40.5 Å². The fourth-order valence-electron chi connectivity index (χ4n) is 3.54. The van der Waals surface area contributed by atoms with Crippen molar-refractivity contribution in [3.8, 4) is 0 Å². The lowest BCUT2D eigenvalue weighted by atomic mass is 10.1. The highest BCUT2D eigenvalue weighted by Crippen LogP contribution is 2.21. The molecule has 2 aliphatic heterocycles. The van der Waals surface area contributed by atoms with Gasteiger partial charge in [-0.3, -0.25) is 19.4 Å². The van der Waals surface area contributed by atoms with Crippen LogP contribution in [0.2, 0.25) is 0 Å². The minimum Gasteiger partial charge on any atom is -0.343 e. The molecule has 0 aromatic heterocycles. The minimum absolute atomic E-state index is 0.0518. The zero-order valence-corrected chi connectivity index (χ0v) is 16.6. The first-order valence-electron chi connectivity index (χ1n) is 9.58. The Morgan fingerprint density at radius 2 is 1.88 bits per heavy atom. The Balaban J connectivity index is 2.21. The topological polar surface area (TPSA) is 85.0 Å². The number of carbonyl (C=O) groups excluding carboxylic acids is 3. The van der Waals surface area contributed by atoms with Crippen molar-refractivity contribution in [2.75, 3.05) is 33.2 Å². The molecule has 2 N–H and O–H groups in total. The molecular weight excluding hydrogens is 334 g/mol. The largest absolute Gasteiger partial charge is 0.343 e. The lowest BCUT2D eigenvalue weighted by Crippen LogP contribution is -2.62. The van der Waals surface area contributed by atoms with Crippen LogP contribution in [0, 0.1) is 5.92 Å². The van der Waals surface area contributed by atoms with Crippen LogP contribution in [0.5, 0.6) is 0 Å². The first kappa shape index (κ1) is 20.6. The first-order valence-corrected chi connectivity index (χ1v) is 9.58. The molecule has 3 atom stereocenters. The van der Waals surface area contributed by atoms with Gasteiger partial charge in [-0.25, -0.2) is 5.01 Å². The summed E-state index contributed by atoms with van der Waals surface area (Å²) >= 11 is 0. The zero-order valence-electron chi connectivity index (χ0n) is 16.6. The third kappa shape index (κ3) is 4.73. The summed E-state index contributed by atoms with van der Waals surface area (Å²) in [5.74, 6) is -0.111. The van der Waals surface area contributed by atoms with Gasteiger partial charge >= 0.3 is 0 Å². The van der Waals surface area contributed by atoms with Crippen LogP contribution in [0.15, 0.2) is 0 Å². The van der Waals surface area contributed by atoms with Crippen LogP contribution in [0.3, 0.4) is 0 Å². The Morgan fingerprint density at radius 3 is 2.50 bits per heavy atom. The normalized spacial score (nSPS) is 25.7. The summed E-state index contributed by atoms with van der Waals surface area (Å²) in [5, 5.41) is 9.62. The summed E-state index contributed by atoms with van der Waals surface area (Å²) in [5.41, 5.74) is 0. The van der Waals surface area contributed by atoms with Crippen molar-refractivity contribution < 1.29 is 14.4 Å². The summed E-state index contributed by atoms with van der Waals surface area (Å²) in [6.45, 7) is 9.94. The molecule has 8 heteroatoms. The number of carbonyl (C=O) groups is 3. The fraction of sp³-hybridized carbons (Fsp3) is 0.833. The van der Waals surface area contributed by atoms with E-state index in [4.69, 9.17) is 0 Å². The Labute approximate surface area is 156 Å². The van der Waals surface area contributed by atoms with Crippen LogP contribution in [-0.2, 0) is 14.4 Å². The highest BCUT2D eigenvalue weighted by atomic mass is 16.2. The second-order valence-electron chi connectivity index (χ2n) is 7.79. The van der Waals surface area contributed by atoms with Crippen LogP contribution < -0.4 is 10.6 Å². The van der Waals surface area contributed by atoms with E-state index >= 15 is 0 Å². The molecular formula is C18H33N5O3. The summed E-state index contributed by atoms with van der Waals surface area (Å²) in [7, 11) is 1.74. The maximum Gasteiger partial charge on any atom is 0.261 e. The van der Waals surface area contributed by atoms with Crippen molar-refractivity contribution in [2.24, 2.45) is 5.92 Å². The lowest BCUT2D eigenvalue weighted by Gasteiger charge is -2.40. The quantitative estimate of drug-likeness (QED) is 0.703. The molecule has 0 radical (unpaired) electrons. The molecule has 2 saturated heterocycles. The van der Waals surface area contributed by atoms with Gasteiger partial charge in [-0.2, -0.15) is 0 Å². The average Bonchev–Trinajstić information content (AvgIpc) is 2.93. The molecule has 2 fully saturated rings. The minimum atomic E-state index is -0.711. The van der Waals surface area contributed by atoms with E-state index in [1.807, 2.05) is 25.8 Å². The standard InChI is InChI=1S/C18H33N5O3/c1-12(2)10-16(24)20-15-11-21(17(25)14(4)19-5)8-9-22-7-6-13(3)23(22)18(15)26/h12-15,19H,6-11H2,1-5H3,(H,20,24). The number of rotatable bonds is 5. The van der Waals surface area contributed by atoms with Gasteiger partial charge in [-0.05, 0) is 33.2 Å². The van der Waals surface area contributed by atoms with Gasteiger partial charge in [0.2, 0.25) is 11.8 Å². The van der Waals surface area contributed by atoms with Crippen molar-refractivity contribution >= 4 is 17.7 Å². The number of hydrogen-bond donors (Lipinski definition) is 2. The van der Waals surface area contributed by atoms with Crippen LogP contribution in [0.4, 0.5) is 0 Å². The molecule has 148 valence electrons. The van der Waals surface area contributed by atoms with Gasteiger partial charge < -0.3 is 15.5 Å². The molecule has 3 unspecified atom stereocenters. The molecule has 0 aromatic carbocycles. The molecule has 0 aromatic rings. The van der Waals surface area contributed by atoms with E-state index in [-0.39, 0.29) is 42.3 Å². The molecule has 0 bridgehead atoms. The van der Waals surface area contributed by atoms with Crippen LogP contribution >= 0.6 is 0 Å². The summed E-state index contributed by atoms with van der Waals surface area (Å²) in [6, 6.07) is -0.923. The predicted octanol–water partition coefficient (Wildman–Crippen LogP) is -0.195. The van der Waals surface area contributed by atoms with Crippen LogP contribution in [-0.4, -0.2) is 84.0 Å². The second-order valence-corrected chi connectivity index (χ2v) is 7.79. The molecule has 2 aliphatic rings. The maximum absolute atomic E-state index is 13.1. The average molecular weight is 367 g/mol. The monoisotopic (exact) mass is 367 g/mol. The van der Waals surface area contributed by atoms with Gasteiger partial charge in [0.1, 0.15) is 6.04 Å². The van der Waals surface area contributed by atoms with E-state index in [2.05, 4.69) is 10.6 Å². The molecule has 26 heavy (non-hydrogen) atoms. The Bertz CT molecular complexity index is 539. The number of nitrogens with zero attached hydrogens (tertiary/aromatic N) is 3. The number of amides is 3. The van der Waals surface area contributed by atoms with Crippen molar-refractivity contribution in [1.82, 2.24) is 25.6 Å². The maximum atomic E-state index is 13.1. The second kappa shape index (κ2) is 8.81. The first-order chi connectivity index (χ1) is 12.2. The zero-order chi connectivity index (χ0) is 19.4. The van der Waals surface area contributed by atoms with Gasteiger partial charge in [-0.1, -0.05) is 13.8 Å². The third-order valence-electron chi connectivity index (χ3n) is 5.13. The Hall–Kier alpha value is -1.67. The van der Waals surface area contributed by atoms with Crippen molar-refractivity contribution in [3.63, 3.8) is 0 Å². The van der Waals surface area contributed by atoms with Gasteiger partial charge in [0.25, 0.3) is 5.91 Å². The van der Waals surface area contributed by atoms with Crippen molar-refractivity contribution in [1.29, 1.82) is 0 Å². The van der Waals surface area contributed by atoms with Gasteiger partial charge in [0.05, 0.1) is 12.6 Å². The Kier molecular flexibility index (Phi) is 7.00. The third-order valence-corrected chi connectivity index (χ3v) is 5.13. The fourth-order valence-corrected chi connectivity index (χ4v) is 3.54. The molecule has 0 spiro atoms. The molecule has 2 heterocycles. The van der Waals surface area contributed by atoms with E-state index in [9.17, 15) is 14.4 Å². The summed E-state index contributed by atoms with van der Waals surface area (Å²) < 4.78 is 0. The molecule has 3 amide bonds. The SMILES string of the molecule is CNC(C)C(=O)N1CCN2CCC(C)N2C(=O)C(NC(=O)CC(C)C)C1. The summed E-state index contributed by atoms with van der Waals surface area (Å²) in [6.07, 6.45) is 1.27. The molecule has 2 rings (SSSR count). The Morgan fingerprint density at radius 1 is 1.19 bits per heavy atom. The molecule has 8 nitrogen and oxygen atoms in total. The van der Waals surface area contributed by atoms with Crippen molar-refractivity contribution in [3.05, 3.63) is 0 Å². The van der Waals surface area contributed by atoms with E-state index in [1.165, 1.54) is 0 Å². The lowest BCUT2D eigenvalue weighted by molar-refractivity contribution is -0.156. The van der Waals surface area contributed by atoms with Gasteiger partial charge in [0.15, 0.2) is 0 Å². The number of hydrazine groups is 1. The highest BCUT2D eigenvalue weighted by Gasteiger charge is 2.40. The van der Waals surface area contributed by atoms with E-state index in [0.29, 0.717) is 19.5 Å². The van der Waals surface area contributed by atoms with Crippen LogP contribution in [0.25, 0.3) is 0 Å². The van der Waals surface area contributed by atoms with Gasteiger partial charge in [0, 0.05) is 32.1 Å². The number of fused-ring (bicyclic) bond motifs is 1. The molecule has 0 aliphatic carbocycles. The van der Waals surface area contributed by atoms with Gasteiger partial charge in [-0.15, -0.1) is 0 Å². The number of likely N-dealkylation sites (N-methyl/N-ethyl adjacent to an activating group) is 1. The van der Waals surface area contributed by atoms with E-state index in [1.54, 1.807) is 23.9 Å².